The molecule has 0 amide bonds. The maximum Gasteiger partial charge on any atom is 0.0443 e. The zero-order valence-electron chi connectivity index (χ0n) is 8.63. The molecule has 0 radical (unpaired) electrons. The first kappa shape index (κ1) is 12.8. The molecule has 2 nitrogen and oxygen atoms in total. The Bertz CT molecular complexity index is 297. The predicted octanol–water partition coefficient (Wildman–Crippen LogP) is 3.03. The molecule has 1 aromatic carbocycles. The van der Waals surface area contributed by atoms with Gasteiger partial charge in [-0.1, -0.05) is 23.2 Å². The standard InChI is InChI=1S/C11H15Cl2NO/c1-8(14-3-2-4-15)9-5-10(12)7-11(13)6-9/h5-8,14-15H,2-4H2,1H3. The van der Waals surface area contributed by atoms with Crippen molar-refractivity contribution in [2.45, 2.75) is 19.4 Å². The van der Waals surface area contributed by atoms with E-state index in [1.165, 1.54) is 0 Å². The Hall–Kier alpha value is -0.280. The quantitative estimate of drug-likeness (QED) is 0.785. The lowest BCUT2D eigenvalue weighted by atomic mass is 10.1. The highest BCUT2D eigenvalue weighted by Crippen LogP contribution is 2.23. The van der Waals surface area contributed by atoms with Crippen LogP contribution in [-0.2, 0) is 0 Å². The molecule has 0 fully saturated rings. The summed E-state index contributed by atoms with van der Waals surface area (Å²) in [5.41, 5.74) is 1.06. The summed E-state index contributed by atoms with van der Waals surface area (Å²) < 4.78 is 0. The third kappa shape index (κ3) is 4.39. The largest absolute Gasteiger partial charge is 0.396 e. The Morgan fingerprint density at radius 2 is 1.87 bits per heavy atom. The van der Waals surface area contributed by atoms with Gasteiger partial charge >= 0.3 is 0 Å². The van der Waals surface area contributed by atoms with Crippen molar-refractivity contribution >= 4 is 23.2 Å². The van der Waals surface area contributed by atoms with Gasteiger partial charge in [-0.2, -0.15) is 0 Å². The topological polar surface area (TPSA) is 32.3 Å². The second-order valence-electron chi connectivity index (χ2n) is 3.46. The molecule has 0 aliphatic rings. The number of rotatable bonds is 5. The van der Waals surface area contributed by atoms with E-state index in [0.29, 0.717) is 10.0 Å². The van der Waals surface area contributed by atoms with Crippen molar-refractivity contribution < 1.29 is 5.11 Å². The van der Waals surface area contributed by atoms with E-state index < -0.39 is 0 Å². The van der Waals surface area contributed by atoms with E-state index in [1.54, 1.807) is 6.07 Å². The molecular formula is C11H15Cl2NO. The normalized spacial score (nSPS) is 12.8. The van der Waals surface area contributed by atoms with Crippen molar-refractivity contribution in [2.24, 2.45) is 0 Å². The van der Waals surface area contributed by atoms with Crippen molar-refractivity contribution in [3.05, 3.63) is 33.8 Å². The molecule has 0 saturated carbocycles. The SMILES string of the molecule is CC(NCCCO)c1cc(Cl)cc(Cl)c1. The number of hydrogen-bond donors (Lipinski definition) is 2. The van der Waals surface area contributed by atoms with Crippen LogP contribution in [0.2, 0.25) is 10.0 Å². The first-order chi connectivity index (χ1) is 7.13. The molecule has 0 aromatic heterocycles. The van der Waals surface area contributed by atoms with E-state index >= 15 is 0 Å². The van der Waals surface area contributed by atoms with Gasteiger partial charge in [0, 0.05) is 22.7 Å². The first-order valence-corrected chi connectivity index (χ1v) is 5.69. The maximum absolute atomic E-state index is 8.66. The van der Waals surface area contributed by atoms with Gasteiger partial charge in [0.1, 0.15) is 0 Å². The van der Waals surface area contributed by atoms with Crippen molar-refractivity contribution in [1.82, 2.24) is 5.32 Å². The molecule has 0 spiro atoms. The van der Waals surface area contributed by atoms with E-state index in [9.17, 15) is 0 Å². The molecule has 15 heavy (non-hydrogen) atoms. The van der Waals surface area contributed by atoms with Crippen LogP contribution >= 0.6 is 23.2 Å². The van der Waals surface area contributed by atoms with Crippen LogP contribution < -0.4 is 5.32 Å². The van der Waals surface area contributed by atoms with Crippen molar-refractivity contribution in [2.75, 3.05) is 13.2 Å². The Labute approximate surface area is 100 Å². The summed E-state index contributed by atoms with van der Waals surface area (Å²) in [5.74, 6) is 0. The smallest absolute Gasteiger partial charge is 0.0443 e. The Morgan fingerprint density at radius 3 is 2.40 bits per heavy atom. The van der Waals surface area contributed by atoms with E-state index in [1.807, 2.05) is 19.1 Å². The maximum atomic E-state index is 8.66. The zero-order valence-corrected chi connectivity index (χ0v) is 10.1. The average Bonchev–Trinajstić information content (AvgIpc) is 2.16. The number of benzene rings is 1. The highest BCUT2D eigenvalue weighted by Gasteiger charge is 2.06. The van der Waals surface area contributed by atoms with Crippen LogP contribution in [0, 0.1) is 0 Å². The lowest BCUT2D eigenvalue weighted by molar-refractivity contribution is 0.284. The Morgan fingerprint density at radius 1 is 1.27 bits per heavy atom. The molecule has 4 heteroatoms. The number of hydrogen-bond acceptors (Lipinski definition) is 2. The lowest BCUT2D eigenvalue weighted by Gasteiger charge is -2.14. The van der Waals surface area contributed by atoms with E-state index in [-0.39, 0.29) is 12.6 Å². The molecule has 0 saturated heterocycles. The summed E-state index contributed by atoms with van der Waals surface area (Å²) in [5, 5.41) is 13.2. The molecule has 0 aliphatic heterocycles. The van der Waals surface area contributed by atoms with Crippen LogP contribution in [0.25, 0.3) is 0 Å². The minimum Gasteiger partial charge on any atom is -0.396 e. The fourth-order valence-electron chi connectivity index (χ4n) is 1.34. The van der Waals surface area contributed by atoms with Gasteiger partial charge in [-0.15, -0.1) is 0 Å². The summed E-state index contributed by atoms with van der Waals surface area (Å²) in [6.45, 7) is 3.02. The first-order valence-electron chi connectivity index (χ1n) is 4.93. The van der Waals surface area contributed by atoms with Crippen LogP contribution in [-0.4, -0.2) is 18.3 Å². The Kier molecular flexibility index (Phi) is 5.40. The van der Waals surface area contributed by atoms with Gasteiger partial charge in [0.2, 0.25) is 0 Å². The van der Waals surface area contributed by atoms with Gasteiger partial charge in [-0.05, 0) is 43.7 Å². The molecular weight excluding hydrogens is 233 g/mol. The highest BCUT2D eigenvalue weighted by atomic mass is 35.5. The van der Waals surface area contributed by atoms with Gasteiger partial charge in [0.05, 0.1) is 0 Å². The van der Waals surface area contributed by atoms with Crippen LogP contribution in [0.5, 0.6) is 0 Å². The minimum absolute atomic E-state index is 0.188. The summed E-state index contributed by atoms with van der Waals surface area (Å²) in [7, 11) is 0. The molecule has 0 bridgehead atoms. The van der Waals surface area contributed by atoms with Crippen LogP contribution in [0.15, 0.2) is 18.2 Å². The summed E-state index contributed by atoms with van der Waals surface area (Å²) in [6, 6.07) is 5.69. The summed E-state index contributed by atoms with van der Waals surface area (Å²) in [6.07, 6.45) is 0.749. The molecule has 0 heterocycles. The number of aliphatic hydroxyl groups is 1. The molecule has 1 rings (SSSR count). The van der Waals surface area contributed by atoms with Crippen molar-refractivity contribution in [3.63, 3.8) is 0 Å². The van der Waals surface area contributed by atoms with Crippen molar-refractivity contribution in [3.8, 4) is 0 Å². The minimum atomic E-state index is 0.188. The van der Waals surface area contributed by atoms with Crippen LogP contribution in [0.3, 0.4) is 0 Å². The number of nitrogens with one attached hydrogen (secondary N) is 1. The highest BCUT2D eigenvalue weighted by molar-refractivity contribution is 6.34. The van der Waals surface area contributed by atoms with E-state index in [4.69, 9.17) is 28.3 Å². The van der Waals surface area contributed by atoms with E-state index in [2.05, 4.69) is 5.32 Å². The monoisotopic (exact) mass is 247 g/mol. The van der Waals surface area contributed by atoms with Gasteiger partial charge in [0.15, 0.2) is 0 Å². The molecule has 2 N–H and O–H groups in total. The zero-order chi connectivity index (χ0) is 11.3. The molecule has 1 atom stereocenters. The fourth-order valence-corrected chi connectivity index (χ4v) is 1.88. The van der Waals surface area contributed by atoms with Crippen LogP contribution in [0.4, 0.5) is 0 Å². The van der Waals surface area contributed by atoms with Gasteiger partial charge < -0.3 is 10.4 Å². The summed E-state index contributed by atoms with van der Waals surface area (Å²) >= 11 is 11.8. The van der Waals surface area contributed by atoms with E-state index in [0.717, 1.165) is 18.5 Å². The molecule has 1 aromatic rings. The second-order valence-corrected chi connectivity index (χ2v) is 4.33. The van der Waals surface area contributed by atoms with Gasteiger partial charge in [-0.25, -0.2) is 0 Å². The molecule has 0 aliphatic carbocycles. The van der Waals surface area contributed by atoms with Crippen molar-refractivity contribution in [1.29, 1.82) is 0 Å². The third-order valence-electron chi connectivity index (χ3n) is 2.17. The number of halogens is 2. The molecule has 84 valence electrons. The third-order valence-corrected chi connectivity index (χ3v) is 2.61. The second kappa shape index (κ2) is 6.33. The predicted molar refractivity (Wildman–Crippen MR) is 64.6 cm³/mol. The lowest BCUT2D eigenvalue weighted by Crippen LogP contribution is -2.20. The van der Waals surface area contributed by atoms with Gasteiger partial charge in [0.25, 0.3) is 0 Å². The Balaban J connectivity index is 2.60. The van der Waals surface area contributed by atoms with Crippen LogP contribution in [0.1, 0.15) is 24.9 Å². The average molecular weight is 248 g/mol. The summed E-state index contributed by atoms with van der Waals surface area (Å²) in [4.78, 5) is 0. The fraction of sp³-hybridized carbons (Fsp3) is 0.455. The number of aliphatic hydroxyl groups excluding tert-OH is 1. The van der Waals surface area contributed by atoms with Gasteiger partial charge in [-0.3, -0.25) is 0 Å². The molecule has 1 unspecified atom stereocenters.